The molecule has 0 aliphatic carbocycles. The zero-order valence-electron chi connectivity index (χ0n) is 11.3. The summed E-state index contributed by atoms with van der Waals surface area (Å²) in [6.45, 7) is 8.20. The van der Waals surface area contributed by atoms with Crippen molar-refractivity contribution in [3.05, 3.63) is 47.1 Å². The Morgan fingerprint density at radius 3 is 2.28 bits per heavy atom. The summed E-state index contributed by atoms with van der Waals surface area (Å²) in [5.41, 5.74) is 3.51. The number of aromatic nitrogens is 2. The number of hydrogen-bond donors (Lipinski definition) is 0. The van der Waals surface area contributed by atoms with E-state index in [1.807, 2.05) is 13.8 Å². The largest absolute Gasteiger partial charge is 0.297 e. The number of rotatable bonds is 1. The highest BCUT2D eigenvalue weighted by Gasteiger charge is 2.05. The van der Waals surface area contributed by atoms with Crippen LogP contribution in [0.4, 0.5) is 0 Å². The van der Waals surface area contributed by atoms with E-state index in [9.17, 15) is 0 Å². The van der Waals surface area contributed by atoms with Crippen LogP contribution in [0.2, 0.25) is 0 Å². The number of hydrogen-bond acceptors (Lipinski definition) is 2. The van der Waals surface area contributed by atoms with E-state index in [2.05, 4.69) is 59.9 Å². The van der Waals surface area contributed by atoms with E-state index in [4.69, 9.17) is 0 Å². The van der Waals surface area contributed by atoms with Crippen molar-refractivity contribution in [3.8, 4) is 11.3 Å². The molecular weight excluding hydrogens is 240 g/mol. The molecular formula is C15H18N2S. The number of thiazole rings is 1. The zero-order valence-corrected chi connectivity index (χ0v) is 12.1. The maximum atomic E-state index is 4.61. The van der Waals surface area contributed by atoms with Crippen LogP contribution in [0, 0.1) is 13.8 Å². The SMILES string of the molecule is CC.Cc1ccc(-c2cn3cc(C)sc3n2)cc1. The predicted octanol–water partition coefficient (Wildman–Crippen LogP) is 4.71. The monoisotopic (exact) mass is 258 g/mol. The Morgan fingerprint density at radius 2 is 1.67 bits per heavy atom. The van der Waals surface area contributed by atoms with Crippen molar-refractivity contribution in [1.29, 1.82) is 0 Å². The van der Waals surface area contributed by atoms with Crippen molar-refractivity contribution >= 4 is 16.3 Å². The zero-order chi connectivity index (χ0) is 13.1. The van der Waals surface area contributed by atoms with Crippen molar-refractivity contribution in [1.82, 2.24) is 9.38 Å². The average molecular weight is 258 g/mol. The van der Waals surface area contributed by atoms with E-state index in [0.29, 0.717) is 0 Å². The Kier molecular flexibility index (Phi) is 3.82. The number of aryl methyl sites for hydroxylation is 2. The van der Waals surface area contributed by atoms with Gasteiger partial charge in [0.1, 0.15) is 0 Å². The fourth-order valence-electron chi connectivity index (χ4n) is 1.77. The first-order valence-corrected chi connectivity index (χ1v) is 7.06. The van der Waals surface area contributed by atoms with Gasteiger partial charge in [-0.25, -0.2) is 4.98 Å². The second-order valence-corrected chi connectivity index (χ2v) is 5.24. The van der Waals surface area contributed by atoms with Crippen LogP contribution in [0.1, 0.15) is 24.3 Å². The molecule has 3 aromatic rings. The van der Waals surface area contributed by atoms with Crippen LogP contribution in [-0.2, 0) is 0 Å². The molecule has 0 bridgehead atoms. The van der Waals surface area contributed by atoms with Crippen LogP contribution < -0.4 is 0 Å². The Balaban J connectivity index is 0.000000574. The molecule has 0 fully saturated rings. The summed E-state index contributed by atoms with van der Waals surface area (Å²) in [5.74, 6) is 0. The lowest BCUT2D eigenvalue weighted by atomic mass is 10.1. The molecule has 0 amide bonds. The predicted molar refractivity (Wildman–Crippen MR) is 79.3 cm³/mol. The van der Waals surface area contributed by atoms with Crippen molar-refractivity contribution in [3.63, 3.8) is 0 Å². The number of fused-ring (bicyclic) bond motifs is 1. The van der Waals surface area contributed by atoms with Crippen molar-refractivity contribution in [2.24, 2.45) is 0 Å². The Morgan fingerprint density at radius 1 is 1.00 bits per heavy atom. The van der Waals surface area contributed by atoms with Gasteiger partial charge in [-0.2, -0.15) is 0 Å². The van der Waals surface area contributed by atoms with E-state index >= 15 is 0 Å². The first-order valence-electron chi connectivity index (χ1n) is 6.24. The lowest BCUT2D eigenvalue weighted by Gasteiger charge is -1.96. The minimum atomic E-state index is 1.05. The summed E-state index contributed by atoms with van der Waals surface area (Å²) in [6, 6.07) is 8.48. The molecule has 3 heteroatoms. The third-order valence-electron chi connectivity index (χ3n) is 2.62. The van der Waals surface area contributed by atoms with Crippen molar-refractivity contribution < 1.29 is 0 Å². The van der Waals surface area contributed by atoms with Crippen LogP contribution in [0.3, 0.4) is 0 Å². The smallest absolute Gasteiger partial charge is 0.194 e. The van der Waals surface area contributed by atoms with Gasteiger partial charge in [0, 0.05) is 22.8 Å². The van der Waals surface area contributed by atoms with Gasteiger partial charge < -0.3 is 0 Å². The summed E-state index contributed by atoms with van der Waals surface area (Å²) in [4.78, 5) is 6.97. The van der Waals surface area contributed by atoms with Crippen LogP contribution in [0.15, 0.2) is 36.7 Å². The molecule has 0 saturated carbocycles. The second kappa shape index (κ2) is 5.36. The minimum Gasteiger partial charge on any atom is -0.297 e. The fraction of sp³-hybridized carbons (Fsp3) is 0.267. The lowest BCUT2D eigenvalue weighted by Crippen LogP contribution is -1.77. The van der Waals surface area contributed by atoms with E-state index in [-0.39, 0.29) is 0 Å². The van der Waals surface area contributed by atoms with Gasteiger partial charge in [0.05, 0.1) is 5.69 Å². The van der Waals surface area contributed by atoms with E-state index in [0.717, 1.165) is 10.7 Å². The molecule has 0 atom stereocenters. The number of imidazole rings is 1. The van der Waals surface area contributed by atoms with Gasteiger partial charge >= 0.3 is 0 Å². The fourth-order valence-corrected chi connectivity index (χ4v) is 2.58. The first-order chi connectivity index (χ1) is 8.72. The van der Waals surface area contributed by atoms with Gasteiger partial charge in [0.15, 0.2) is 4.96 Å². The highest BCUT2D eigenvalue weighted by Crippen LogP contribution is 2.23. The highest BCUT2D eigenvalue weighted by molar-refractivity contribution is 7.17. The molecule has 3 rings (SSSR count). The summed E-state index contributed by atoms with van der Waals surface area (Å²) in [7, 11) is 0. The van der Waals surface area contributed by atoms with Gasteiger partial charge in [-0.3, -0.25) is 4.40 Å². The van der Waals surface area contributed by atoms with Crippen molar-refractivity contribution in [2.75, 3.05) is 0 Å². The standard InChI is InChI=1S/C13H12N2S.C2H6/c1-9-3-5-11(6-4-9)12-8-15-7-10(2)16-13(15)14-12;1-2/h3-8H,1-2H3;1-2H3. The first kappa shape index (κ1) is 12.8. The van der Waals surface area contributed by atoms with Gasteiger partial charge in [-0.05, 0) is 13.8 Å². The third-order valence-corrected chi connectivity index (χ3v) is 3.53. The molecule has 2 heterocycles. The molecule has 2 aromatic heterocycles. The maximum absolute atomic E-state index is 4.61. The molecule has 0 spiro atoms. The number of nitrogens with zero attached hydrogens (tertiary/aromatic N) is 2. The number of benzene rings is 1. The molecule has 0 radical (unpaired) electrons. The van der Waals surface area contributed by atoms with Gasteiger partial charge in [0.25, 0.3) is 0 Å². The molecule has 0 aliphatic rings. The van der Waals surface area contributed by atoms with Crippen LogP contribution in [0.25, 0.3) is 16.2 Å². The summed E-state index contributed by atoms with van der Waals surface area (Å²) >= 11 is 1.72. The minimum absolute atomic E-state index is 1.05. The van der Waals surface area contributed by atoms with Gasteiger partial charge in [-0.1, -0.05) is 43.7 Å². The lowest BCUT2D eigenvalue weighted by molar-refractivity contribution is 1.22. The maximum Gasteiger partial charge on any atom is 0.194 e. The molecule has 18 heavy (non-hydrogen) atoms. The average Bonchev–Trinajstić information content (AvgIpc) is 2.89. The summed E-state index contributed by atoms with van der Waals surface area (Å²) < 4.78 is 2.09. The Bertz CT molecular complexity index is 601. The van der Waals surface area contributed by atoms with Crippen LogP contribution >= 0.6 is 11.3 Å². The topological polar surface area (TPSA) is 17.3 Å². The summed E-state index contributed by atoms with van der Waals surface area (Å²) in [5, 5.41) is 0. The molecule has 0 aliphatic heterocycles. The van der Waals surface area contributed by atoms with Crippen molar-refractivity contribution in [2.45, 2.75) is 27.7 Å². The van der Waals surface area contributed by atoms with E-state index < -0.39 is 0 Å². The molecule has 0 saturated heterocycles. The molecule has 0 N–H and O–H groups in total. The molecule has 2 nitrogen and oxygen atoms in total. The van der Waals surface area contributed by atoms with Gasteiger partial charge in [0.2, 0.25) is 0 Å². The van der Waals surface area contributed by atoms with E-state index in [1.165, 1.54) is 16.0 Å². The molecule has 0 unspecified atom stereocenters. The Hall–Kier alpha value is -1.61. The normalized spacial score (nSPS) is 10.2. The molecule has 94 valence electrons. The van der Waals surface area contributed by atoms with Crippen LogP contribution in [-0.4, -0.2) is 9.38 Å². The van der Waals surface area contributed by atoms with Crippen LogP contribution in [0.5, 0.6) is 0 Å². The van der Waals surface area contributed by atoms with Gasteiger partial charge in [-0.15, -0.1) is 11.3 Å². The third kappa shape index (κ3) is 2.46. The quantitative estimate of drug-likeness (QED) is 0.618. The second-order valence-electron chi connectivity index (χ2n) is 4.02. The highest BCUT2D eigenvalue weighted by atomic mass is 32.1. The Labute approximate surface area is 112 Å². The van der Waals surface area contributed by atoms with E-state index in [1.54, 1.807) is 11.3 Å². The summed E-state index contributed by atoms with van der Waals surface area (Å²) in [6.07, 6.45) is 4.20. The molecule has 1 aromatic carbocycles.